The summed E-state index contributed by atoms with van der Waals surface area (Å²) in [4.78, 5) is 18.9. The Morgan fingerprint density at radius 2 is 1.92 bits per heavy atom. The number of hydrazine groups is 1. The van der Waals surface area contributed by atoms with Crippen molar-refractivity contribution in [1.82, 2.24) is 9.97 Å². The zero-order valence-electron chi connectivity index (χ0n) is 14.2. The van der Waals surface area contributed by atoms with Gasteiger partial charge in [0.1, 0.15) is 17.3 Å². The fraction of sp³-hybridized carbons (Fsp3) is 0.111. The molecule has 0 aliphatic carbocycles. The van der Waals surface area contributed by atoms with E-state index in [1.165, 1.54) is 0 Å². The zero-order chi connectivity index (χ0) is 18.7. The van der Waals surface area contributed by atoms with E-state index in [9.17, 15) is 4.79 Å². The summed E-state index contributed by atoms with van der Waals surface area (Å²) in [6, 6.07) is 13.1. The minimum Gasteiger partial charge on any atom is -0.493 e. The highest BCUT2D eigenvalue weighted by molar-refractivity contribution is 5.76. The molecule has 1 heterocycles. The summed E-state index contributed by atoms with van der Waals surface area (Å²) in [7, 11) is 0. The molecule has 1 aromatic heterocycles. The highest BCUT2D eigenvalue weighted by Crippen LogP contribution is 2.33. The van der Waals surface area contributed by atoms with Crippen LogP contribution < -0.4 is 33.0 Å². The maximum atomic E-state index is 12.0. The van der Waals surface area contributed by atoms with Crippen LogP contribution in [0.2, 0.25) is 0 Å². The molecule has 0 spiro atoms. The van der Waals surface area contributed by atoms with Crippen molar-refractivity contribution in [2.45, 2.75) is 6.92 Å². The maximum Gasteiger partial charge on any atom is 0.276 e. The van der Waals surface area contributed by atoms with Gasteiger partial charge in [-0.05, 0) is 42.3 Å². The lowest BCUT2D eigenvalue weighted by atomic mass is 10.0. The van der Waals surface area contributed by atoms with Crippen LogP contribution in [-0.4, -0.2) is 16.6 Å². The highest BCUT2D eigenvalue weighted by Gasteiger charge is 2.14. The second-order valence-corrected chi connectivity index (χ2v) is 5.59. The first-order chi connectivity index (χ1) is 12.5. The molecule has 0 unspecified atom stereocenters. The van der Waals surface area contributed by atoms with Crippen LogP contribution in [0.5, 0.6) is 5.75 Å². The Kier molecular flexibility index (Phi) is 4.76. The van der Waals surface area contributed by atoms with Crippen LogP contribution in [0.4, 0.5) is 17.2 Å². The zero-order valence-corrected chi connectivity index (χ0v) is 14.2. The van der Waals surface area contributed by atoms with Crippen LogP contribution in [0.25, 0.3) is 22.5 Å². The Hall–Kier alpha value is -3.52. The summed E-state index contributed by atoms with van der Waals surface area (Å²) in [6.45, 7) is 2.33. The number of aromatic amines is 1. The number of anilines is 3. The molecule has 0 radical (unpaired) electrons. The van der Waals surface area contributed by atoms with E-state index >= 15 is 0 Å². The first-order valence-electron chi connectivity index (χ1n) is 8.03. The molecule has 0 fully saturated rings. The van der Waals surface area contributed by atoms with Crippen molar-refractivity contribution in [3.05, 3.63) is 52.8 Å². The van der Waals surface area contributed by atoms with Crippen molar-refractivity contribution in [2.24, 2.45) is 5.84 Å². The molecule has 0 aliphatic heterocycles. The molecule has 8 heteroatoms. The highest BCUT2D eigenvalue weighted by atomic mass is 16.5. The molecule has 8 N–H and O–H groups in total. The lowest BCUT2D eigenvalue weighted by Crippen LogP contribution is -2.20. The van der Waals surface area contributed by atoms with E-state index in [0.29, 0.717) is 29.4 Å². The van der Waals surface area contributed by atoms with E-state index in [1.54, 1.807) is 0 Å². The summed E-state index contributed by atoms with van der Waals surface area (Å²) in [5.41, 5.74) is 16.5. The molecule has 0 saturated carbocycles. The number of nitrogens with zero attached hydrogens (tertiary/aromatic N) is 1. The Bertz CT molecular complexity index is 999. The third-order valence-corrected chi connectivity index (χ3v) is 3.85. The number of hydrogen-bond acceptors (Lipinski definition) is 7. The van der Waals surface area contributed by atoms with Gasteiger partial charge in [0.15, 0.2) is 5.82 Å². The lowest BCUT2D eigenvalue weighted by molar-refractivity contribution is 0.341. The number of aromatic nitrogens is 2. The molecule has 0 amide bonds. The third-order valence-electron chi connectivity index (χ3n) is 3.85. The van der Waals surface area contributed by atoms with Crippen molar-refractivity contribution < 1.29 is 4.74 Å². The normalized spacial score (nSPS) is 10.5. The van der Waals surface area contributed by atoms with Gasteiger partial charge in [0.05, 0.1) is 12.2 Å². The molecule has 0 atom stereocenters. The van der Waals surface area contributed by atoms with Gasteiger partial charge in [-0.15, -0.1) is 0 Å². The van der Waals surface area contributed by atoms with Gasteiger partial charge in [0, 0.05) is 5.69 Å². The SMILES string of the molecule is CCOc1cc(-c2cccc(N)c2)ccc1-c1nc(NN)c(N)c(=O)[nH]1. The van der Waals surface area contributed by atoms with Crippen LogP contribution in [0.15, 0.2) is 47.3 Å². The van der Waals surface area contributed by atoms with E-state index in [-0.39, 0.29) is 11.5 Å². The number of benzene rings is 2. The monoisotopic (exact) mass is 352 g/mol. The molecule has 0 bridgehead atoms. The van der Waals surface area contributed by atoms with Gasteiger partial charge in [-0.2, -0.15) is 0 Å². The van der Waals surface area contributed by atoms with Crippen LogP contribution >= 0.6 is 0 Å². The predicted octanol–water partition coefficient (Wildman–Crippen LogP) is 1.95. The maximum absolute atomic E-state index is 12.0. The Labute approximate surface area is 150 Å². The molecule has 3 rings (SSSR count). The van der Waals surface area contributed by atoms with Crippen molar-refractivity contribution >= 4 is 17.2 Å². The third kappa shape index (κ3) is 3.31. The fourth-order valence-electron chi connectivity index (χ4n) is 2.61. The van der Waals surface area contributed by atoms with Gasteiger partial charge in [0.25, 0.3) is 5.56 Å². The molecule has 0 saturated heterocycles. The number of nitrogen functional groups attached to an aromatic ring is 3. The summed E-state index contributed by atoms with van der Waals surface area (Å²) >= 11 is 0. The van der Waals surface area contributed by atoms with E-state index in [0.717, 1.165) is 11.1 Å². The van der Waals surface area contributed by atoms with Gasteiger partial charge < -0.3 is 26.6 Å². The molecule has 134 valence electrons. The summed E-state index contributed by atoms with van der Waals surface area (Å²) in [5, 5.41) is 0. The largest absolute Gasteiger partial charge is 0.493 e. The topological polar surface area (TPSA) is 145 Å². The van der Waals surface area contributed by atoms with Crippen LogP contribution in [-0.2, 0) is 0 Å². The van der Waals surface area contributed by atoms with Crippen molar-refractivity contribution in [3.8, 4) is 28.3 Å². The van der Waals surface area contributed by atoms with E-state index in [2.05, 4.69) is 15.4 Å². The van der Waals surface area contributed by atoms with Crippen molar-refractivity contribution in [3.63, 3.8) is 0 Å². The molecule has 26 heavy (non-hydrogen) atoms. The average molecular weight is 352 g/mol. The number of ether oxygens (including phenoxy) is 1. The predicted molar refractivity (Wildman–Crippen MR) is 104 cm³/mol. The smallest absolute Gasteiger partial charge is 0.276 e. The average Bonchev–Trinajstić information content (AvgIpc) is 2.64. The van der Waals surface area contributed by atoms with Gasteiger partial charge in [-0.3, -0.25) is 4.79 Å². The van der Waals surface area contributed by atoms with Gasteiger partial charge in [-0.25, -0.2) is 10.8 Å². The second-order valence-electron chi connectivity index (χ2n) is 5.59. The Morgan fingerprint density at radius 3 is 2.62 bits per heavy atom. The Balaban J connectivity index is 2.14. The molecule has 3 aromatic rings. The van der Waals surface area contributed by atoms with Crippen LogP contribution in [0.1, 0.15) is 6.92 Å². The molecule has 0 aliphatic rings. The van der Waals surface area contributed by atoms with Gasteiger partial charge in [0.2, 0.25) is 0 Å². The first kappa shape index (κ1) is 17.3. The quantitative estimate of drug-likeness (QED) is 0.268. The number of nitrogens with one attached hydrogen (secondary N) is 2. The van der Waals surface area contributed by atoms with E-state index in [4.69, 9.17) is 22.0 Å². The number of H-pyrrole nitrogens is 1. The molecular weight excluding hydrogens is 332 g/mol. The van der Waals surface area contributed by atoms with Crippen LogP contribution in [0, 0.1) is 0 Å². The molecular formula is C18H20N6O2. The Morgan fingerprint density at radius 1 is 1.15 bits per heavy atom. The molecule has 2 aromatic carbocycles. The molecule has 8 nitrogen and oxygen atoms in total. The van der Waals surface area contributed by atoms with Gasteiger partial charge in [-0.1, -0.05) is 18.2 Å². The number of hydrogen-bond donors (Lipinski definition) is 5. The second kappa shape index (κ2) is 7.16. The summed E-state index contributed by atoms with van der Waals surface area (Å²) < 4.78 is 5.75. The van der Waals surface area contributed by atoms with Crippen LogP contribution in [0.3, 0.4) is 0 Å². The first-order valence-corrected chi connectivity index (χ1v) is 8.03. The summed E-state index contributed by atoms with van der Waals surface area (Å²) in [6.07, 6.45) is 0. The van der Waals surface area contributed by atoms with Crippen molar-refractivity contribution in [2.75, 3.05) is 23.5 Å². The fourth-order valence-corrected chi connectivity index (χ4v) is 2.61. The number of nitrogens with two attached hydrogens (primary N) is 3. The lowest BCUT2D eigenvalue weighted by Gasteiger charge is -2.13. The minimum absolute atomic E-state index is 0.0782. The number of rotatable bonds is 5. The van der Waals surface area contributed by atoms with Gasteiger partial charge >= 0.3 is 0 Å². The van der Waals surface area contributed by atoms with E-state index < -0.39 is 5.56 Å². The standard InChI is InChI=1S/C18H20N6O2/c1-2-26-14-9-11(10-4-3-5-12(19)8-10)6-7-13(14)16-22-17(24-21)15(20)18(25)23-16/h3-9H,2,19-21H2,1H3,(H2,22,23,24,25). The minimum atomic E-state index is -0.481. The van der Waals surface area contributed by atoms with E-state index in [1.807, 2.05) is 49.4 Å². The van der Waals surface area contributed by atoms with Crippen molar-refractivity contribution in [1.29, 1.82) is 0 Å². The summed E-state index contributed by atoms with van der Waals surface area (Å²) in [5.74, 6) is 6.37.